The van der Waals surface area contributed by atoms with Gasteiger partial charge in [-0.05, 0) is 11.8 Å². The maximum atomic E-state index is 2.34. The summed E-state index contributed by atoms with van der Waals surface area (Å²) in [6.45, 7) is 2.34. The zero-order chi connectivity index (χ0) is 3.89. The Bertz CT molecular complexity index is 165. The molecule has 0 spiro atoms. The first kappa shape index (κ1) is 2.15. The Balaban J connectivity index is 2.34. The van der Waals surface area contributed by atoms with Gasteiger partial charge < -0.3 is 0 Å². The van der Waals surface area contributed by atoms with Gasteiger partial charge >= 0.3 is 0 Å². The molecule has 0 aromatic rings. The van der Waals surface area contributed by atoms with Gasteiger partial charge in [-0.2, -0.15) is 0 Å². The first-order valence-corrected chi connectivity index (χ1v) is 2.65. The third kappa shape index (κ3) is 0.0498. The van der Waals surface area contributed by atoms with Crippen molar-refractivity contribution in [1.82, 2.24) is 0 Å². The summed E-state index contributed by atoms with van der Waals surface area (Å²) in [6, 6.07) is 0. The highest BCUT2D eigenvalue weighted by Crippen LogP contribution is 2.84. The molecule has 30 valence electrons. The van der Waals surface area contributed by atoms with Gasteiger partial charge in [-0.25, -0.2) is 0 Å². The summed E-state index contributed by atoms with van der Waals surface area (Å²) < 4.78 is 0. The predicted octanol–water partition coefficient (Wildman–Crippen LogP) is 1.19. The normalized spacial score (nSPS) is 66.5. The van der Waals surface area contributed by atoms with Crippen LogP contribution in [0.25, 0.3) is 0 Å². The molecule has 0 aromatic carbocycles. The van der Waals surface area contributed by atoms with E-state index in [9.17, 15) is 0 Å². The topological polar surface area (TPSA) is 0 Å². The summed E-state index contributed by atoms with van der Waals surface area (Å²) >= 11 is 0. The van der Waals surface area contributed by atoms with E-state index in [0.29, 0.717) is 0 Å². The van der Waals surface area contributed by atoms with Gasteiger partial charge in [0, 0.05) is 5.92 Å². The highest BCUT2D eigenvalue weighted by atomic mass is 14.8. The molecule has 6 heavy (non-hydrogen) atoms. The fraction of sp³-hybridized carbons (Fsp3) is 0.667. The van der Waals surface area contributed by atoms with Crippen LogP contribution in [0.3, 0.4) is 0 Å². The molecule has 2 saturated carbocycles. The molecule has 0 aromatic heterocycles. The third-order valence-electron chi connectivity index (χ3n) is 2.56. The van der Waals surface area contributed by atoms with Gasteiger partial charge in [0.15, 0.2) is 0 Å². The van der Waals surface area contributed by atoms with Crippen LogP contribution in [0.1, 0.15) is 6.92 Å². The Hall–Kier alpha value is -0.260. The molecule has 0 saturated heterocycles. The number of allylic oxidation sites excluding steroid dienone is 2. The van der Waals surface area contributed by atoms with Crippen molar-refractivity contribution >= 4 is 0 Å². The van der Waals surface area contributed by atoms with E-state index >= 15 is 0 Å². The van der Waals surface area contributed by atoms with Gasteiger partial charge in [0.05, 0.1) is 0 Å². The standard InChI is InChI=1S/C6H6/c1-2-3-5-4(2)6(3)5/h2-3,5H,1H3. The molecular weight excluding hydrogens is 72.1 g/mol. The molecule has 2 bridgehead atoms. The van der Waals surface area contributed by atoms with Crippen LogP contribution >= 0.6 is 0 Å². The Morgan fingerprint density at radius 1 is 1.33 bits per heavy atom. The SMILES string of the molecule is CC1C2=C3C2C31. The number of hydrogen-bond donors (Lipinski definition) is 0. The average molecular weight is 78.1 g/mol. The second kappa shape index (κ2) is 0.305. The van der Waals surface area contributed by atoms with Gasteiger partial charge in [-0.1, -0.05) is 18.1 Å². The van der Waals surface area contributed by atoms with Crippen LogP contribution in [0.15, 0.2) is 11.1 Å². The van der Waals surface area contributed by atoms with Crippen LogP contribution < -0.4 is 0 Å². The summed E-state index contributed by atoms with van der Waals surface area (Å²) in [5.74, 6) is 3.31. The van der Waals surface area contributed by atoms with Gasteiger partial charge in [0.1, 0.15) is 0 Å². The molecule has 4 rings (SSSR count). The van der Waals surface area contributed by atoms with Gasteiger partial charge in [0.2, 0.25) is 0 Å². The molecule has 2 fully saturated rings. The smallest absolute Gasteiger partial charge is 0.00907 e. The maximum absolute atomic E-state index is 2.34. The van der Waals surface area contributed by atoms with Crippen molar-refractivity contribution < 1.29 is 0 Å². The lowest BCUT2D eigenvalue weighted by Crippen LogP contribution is -2.17. The number of rotatable bonds is 0. The fourth-order valence-electron chi connectivity index (χ4n) is 1.93. The monoisotopic (exact) mass is 78.0 g/mol. The van der Waals surface area contributed by atoms with Crippen molar-refractivity contribution in [3.8, 4) is 0 Å². The summed E-state index contributed by atoms with van der Waals surface area (Å²) in [5.41, 5.74) is 3.68. The molecule has 0 nitrogen and oxygen atoms in total. The van der Waals surface area contributed by atoms with Crippen molar-refractivity contribution in [3.05, 3.63) is 11.1 Å². The minimum absolute atomic E-state index is 1.05. The molecule has 0 amide bonds. The van der Waals surface area contributed by atoms with Crippen molar-refractivity contribution in [2.45, 2.75) is 6.92 Å². The van der Waals surface area contributed by atoms with E-state index in [1.54, 1.807) is 0 Å². The van der Waals surface area contributed by atoms with Gasteiger partial charge in [-0.15, -0.1) is 0 Å². The summed E-state index contributed by atoms with van der Waals surface area (Å²) in [7, 11) is 0. The average Bonchev–Trinajstić information content (AvgIpc) is 2.10. The molecular formula is C6H6. The van der Waals surface area contributed by atoms with E-state index in [0.717, 1.165) is 17.8 Å². The quantitative estimate of drug-likeness (QED) is 0.382. The molecule has 0 heterocycles. The van der Waals surface area contributed by atoms with Crippen molar-refractivity contribution in [2.75, 3.05) is 0 Å². The first-order chi connectivity index (χ1) is 2.91. The minimum Gasteiger partial charge on any atom is -0.0588 e. The van der Waals surface area contributed by atoms with Crippen molar-refractivity contribution in [2.24, 2.45) is 17.8 Å². The van der Waals surface area contributed by atoms with Crippen LogP contribution in [-0.4, -0.2) is 0 Å². The van der Waals surface area contributed by atoms with Crippen LogP contribution in [-0.2, 0) is 0 Å². The molecule has 0 N–H and O–H groups in total. The third-order valence-corrected chi connectivity index (χ3v) is 2.56. The Labute approximate surface area is 36.9 Å². The molecule has 4 aliphatic rings. The van der Waals surface area contributed by atoms with E-state index < -0.39 is 0 Å². The molecule has 0 radical (unpaired) electrons. The fourth-order valence-corrected chi connectivity index (χ4v) is 1.93. The second-order valence-corrected chi connectivity index (χ2v) is 2.70. The Morgan fingerprint density at radius 3 is 1.83 bits per heavy atom. The predicted molar refractivity (Wildman–Crippen MR) is 23.2 cm³/mol. The lowest BCUT2D eigenvalue weighted by Gasteiger charge is -2.24. The van der Waals surface area contributed by atoms with E-state index in [4.69, 9.17) is 0 Å². The molecule has 3 unspecified atom stereocenters. The van der Waals surface area contributed by atoms with Gasteiger partial charge in [-0.3, -0.25) is 0 Å². The Kier molecular flexibility index (Phi) is 0.109. The summed E-state index contributed by atoms with van der Waals surface area (Å²) in [6.07, 6.45) is 0. The lowest BCUT2D eigenvalue weighted by atomic mass is 9.79. The lowest BCUT2D eigenvalue weighted by molar-refractivity contribution is 0.431. The molecule has 3 atom stereocenters. The van der Waals surface area contributed by atoms with E-state index in [1.165, 1.54) is 0 Å². The highest BCUT2D eigenvalue weighted by Gasteiger charge is 2.75. The van der Waals surface area contributed by atoms with E-state index in [-0.39, 0.29) is 0 Å². The van der Waals surface area contributed by atoms with E-state index in [1.807, 2.05) is 11.1 Å². The zero-order valence-electron chi connectivity index (χ0n) is 3.73. The van der Waals surface area contributed by atoms with Crippen LogP contribution in [0.2, 0.25) is 0 Å². The minimum atomic E-state index is 1.05. The highest BCUT2D eigenvalue weighted by molar-refractivity contribution is 5.72. The number of hydrogen-bond acceptors (Lipinski definition) is 0. The van der Waals surface area contributed by atoms with E-state index in [2.05, 4.69) is 6.92 Å². The molecule has 0 heteroatoms. The molecule has 0 aliphatic heterocycles. The van der Waals surface area contributed by atoms with Crippen LogP contribution in [0, 0.1) is 17.8 Å². The van der Waals surface area contributed by atoms with Gasteiger partial charge in [0.25, 0.3) is 0 Å². The van der Waals surface area contributed by atoms with Crippen molar-refractivity contribution in [1.29, 1.82) is 0 Å². The summed E-state index contributed by atoms with van der Waals surface area (Å²) in [5, 5.41) is 0. The Morgan fingerprint density at radius 2 is 1.83 bits per heavy atom. The molecule has 4 aliphatic carbocycles. The largest absolute Gasteiger partial charge is 0.0588 e. The first-order valence-electron chi connectivity index (χ1n) is 2.65. The second-order valence-electron chi connectivity index (χ2n) is 2.70. The maximum Gasteiger partial charge on any atom is 0.00907 e. The van der Waals surface area contributed by atoms with Crippen LogP contribution in [0.5, 0.6) is 0 Å². The summed E-state index contributed by atoms with van der Waals surface area (Å²) in [4.78, 5) is 0. The zero-order valence-corrected chi connectivity index (χ0v) is 3.73. The van der Waals surface area contributed by atoms with Crippen LogP contribution in [0.4, 0.5) is 0 Å². The van der Waals surface area contributed by atoms with Crippen molar-refractivity contribution in [3.63, 3.8) is 0 Å².